The maximum absolute atomic E-state index is 6.13. The molecule has 0 spiro atoms. The van der Waals surface area contributed by atoms with Crippen molar-refractivity contribution in [2.75, 3.05) is 0 Å². The Morgan fingerprint density at radius 1 is 1.50 bits per heavy atom. The molecule has 2 aromatic heterocycles. The third kappa shape index (κ3) is 2.72. The lowest BCUT2D eigenvalue weighted by Gasteiger charge is -2.09. The number of hydrogen-bond donors (Lipinski definition) is 1. The van der Waals surface area contributed by atoms with Crippen molar-refractivity contribution in [3.63, 3.8) is 0 Å². The molecule has 1 unspecified atom stereocenters. The van der Waals surface area contributed by atoms with Gasteiger partial charge in [-0.3, -0.25) is 4.68 Å². The minimum atomic E-state index is 0.117. The van der Waals surface area contributed by atoms with Gasteiger partial charge in [-0.15, -0.1) is 11.3 Å². The summed E-state index contributed by atoms with van der Waals surface area (Å²) in [6.07, 6.45) is 3.74. The van der Waals surface area contributed by atoms with E-state index in [2.05, 4.69) is 27.1 Å². The number of hydrogen-bond acceptors (Lipinski definition) is 3. The van der Waals surface area contributed by atoms with Gasteiger partial charge in [-0.05, 0) is 47.0 Å². The molecule has 0 saturated carbocycles. The maximum Gasteiger partial charge on any atom is 0.0701 e. The van der Waals surface area contributed by atoms with Gasteiger partial charge in [0.25, 0.3) is 0 Å². The smallest absolute Gasteiger partial charge is 0.0701 e. The molecule has 0 radical (unpaired) electrons. The van der Waals surface area contributed by atoms with Crippen molar-refractivity contribution in [3.8, 4) is 0 Å². The highest BCUT2D eigenvalue weighted by molar-refractivity contribution is 9.11. The molecule has 0 fully saturated rings. The zero-order chi connectivity index (χ0) is 11.5. The lowest BCUT2D eigenvalue weighted by molar-refractivity contribution is 0.620. The second kappa shape index (κ2) is 5.12. The highest BCUT2D eigenvalue weighted by atomic mass is 79.9. The predicted molar refractivity (Wildman–Crippen MR) is 70.5 cm³/mol. The minimum Gasteiger partial charge on any atom is -0.323 e. The van der Waals surface area contributed by atoms with E-state index in [0.29, 0.717) is 0 Å². The van der Waals surface area contributed by atoms with Crippen LogP contribution in [0.25, 0.3) is 0 Å². The molecule has 2 heterocycles. The molecule has 1 atom stereocenters. The number of rotatable bonds is 4. The van der Waals surface area contributed by atoms with Crippen LogP contribution in [0.3, 0.4) is 0 Å². The Hall–Kier alpha value is -0.650. The summed E-state index contributed by atoms with van der Waals surface area (Å²) in [5.74, 6) is 0. The van der Waals surface area contributed by atoms with Crippen molar-refractivity contribution in [1.82, 2.24) is 9.78 Å². The maximum atomic E-state index is 6.13. The Labute approximate surface area is 107 Å². The number of nitrogens with two attached hydrogens (primary N) is 1. The van der Waals surface area contributed by atoms with Crippen LogP contribution in [0.5, 0.6) is 0 Å². The van der Waals surface area contributed by atoms with Crippen LogP contribution in [0.1, 0.15) is 23.0 Å². The van der Waals surface area contributed by atoms with Crippen LogP contribution in [0, 0.1) is 0 Å². The lowest BCUT2D eigenvalue weighted by Crippen LogP contribution is -2.10. The lowest BCUT2D eigenvalue weighted by atomic mass is 10.1. The van der Waals surface area contributed by atoms with E-state index in [1.165, 1.54) is 10.6 Å². The predicted octanol–water partition coefficient (Wildman–Crippen LogP) is 2.88. The first-order valence-corrected chi connectivity index (χ1v) is 6.75. The van der Waals surface area contributed by atoms with Crippen LogP contribution in [-0.2, 0) is 13.5 Å². The van der Waals surface area contributed by atoms with Gasteiger partial charge in [-0.1, -0.05) is 0 Å². The third-order valence-electron chi connectivity index (χ3n) is 2.59. The first kappa shape index (κ1) is 11.8. The fourth-order valence-corrected chi connectivity index (χ4v) is 3.08. The van der Waals surface area contributed by atoms with Gasteiger partial charge in [0.15, 0.2) is 0 Å². The molecule has 86 valence electrons. The molecule has 0 saturated heterocycles. The minimum absolute atomic E-state index is 0.117. The average molecular weight is 300 g/mol. The molecular weight excluding hydrogens is 286 g/mol. The van der Waals surface area contributed by atoms with Crippen molar-refractivity contribution < 1.29 is 0 Å². The van der Waals surface area contributed by atoms with Crippen LogP contribution < -0.4 is 5.73 Å². The van der Waals surface area contributed by atoms with Gasteiger partial charge in [-0.2, -0.15) is 5.10 Å². The van der Waals surface area contributed by atoms with Crippen LogP contribution in [0.4, 0.5) is 0 Å². The van der Waals surface area contributed by atoms with Gasteiger partial charge in [0.1, 0.15) is 0 Å². The van der Waals surface area contributed by atoms with Crippen molar-refractivity contribution in [2.45, 2.75) is 18.9 Å². The van der Waals surface area contributed by atoms with Crippen LogP contribution in [0.15, 0.2) is 28.2 Å². The van der Waals surface area contributed by atoms with Gasteiger partial charge < -0.3 is 5.73 Å². The molecule has 2 N–H and O–H groups in total. The standard InChI is InChI=1S/C11H14BrN3S/c1-15-8(6-7-14-15)2-3-9(13)10-4-5-11(12)16-10/h4-7,9H,2-3,13H2,1H3. The fraction of sp³-hybridized carbons (Fsp3) is 0.364. The number of aryl methyl sites for hydroxylation is 2. The zero-order valence-electron chi connectivity index (χ0n) is 9.06. The first-order chi connectivity index (χ1) is 7.66. The van der Waals surface area contributed by atoms with E-state index in [-0.39, 0.29) is 6.04 Å². The van der Waals surface area contributed by atoms with E-state index in [9.17, 15) is 0 Å². The summed E-state index contributed by atoms with van der Waals surface area (Å²) < 4.78 is 3.04. The van der Waals surface area contributed by atoms with Crippen LogP contribution >= 0.6 is 27.3 Å². The Kier molecular flexibility index (Phi) is 3.78. The summed E-state index contributed by atoms with van der Waals surface area (Å²) >= 11 is 5.16. The van der Waals surface area contributed by atoms with Gasteiger partial charge >= 0.3 is 0 Å². The molecule has 0 aliphatic rings. The van der Waals surface area contributed by atoms with Crippen molar-refractivity contribution in [2.24, 2.45) is 12.8 Å². The third-order valence-corrected chi connectivity index (χ3v) is 4.35. The van der Waals surface area contributed by atoms with Crippen molar-refractivity contribution in [3.05, 3.63) is 38.8 Å². The van der Waals surface area contributed by atoms with Crippen LogP contribution in [-0.4, -0.2) is 9.78 Å². The summed E-state index contributed by atoms with van der Waals surface area (Å²) in [5, 5.41) is 4.14. The molecule has 2 aromatic rings. The molecule has 5 heteroatoms. The molecule has 0 amide bonds. The topological polar surface area (TPSA) is 43.8 Å². The van der Waals surface area contributed by atoms with Crippen molar-refractivity contribution in [1.29, 1.82) is 0 Å². The van der Waals surface area contributed by atoms with Gasteiger partial charge in [-0.25, -0.2) is 0 Å². The summed E-state index contributed by atoms with van der Waals surface area (Å²) in [7, 11) is 1.96. The average Bonchev–Trinajstić information content (AvgIpc) is 2.84. The molecule has 2 rings (SSSR count). The SMILES string of the molecule is Cn1nccc1CCC(N)c1ccc(Br)s1. The Balaban J connectivity index is 1.93. The van der Waals surface area contributed by atoms with Gasteiger partial charge in [0.05, 0.1) is 3.79 Å². The summed E-state index contributed by atoms with van der Waals surface area (Å²) in [4.78, 5) is 1.23. The molecule has 3 nitrogen and oxygen atoms in total. The zero-order valence-corrected chi connectivity index (χ0v) is 11.5. The number of thiophene rings is 1. The van der Waals surface area contributed by atoms with E-state index in [4.69, 9.17) is 5.73 Å². The van der Waals surface area contributed by atoms with E-state index in [1.54, 1.807) is 11.3 Å². The quantitative estimate of drug-likeness (QED) is 0.943. The molecule has 0 aliphatic heterocycles. The largest absolute Gasteiger partial charge is 0.323 e. The highest BCUT2D eigenvalue weighted by Gasteiger charge is 2.09. The molecule has 0 aliphatic carbocycles. The molecule has 0 bridgehead atoms. The number of aromatic nitrogens is 2. The molecule has 16 heavy (non-hydrogen) atoms. The summed E-state index contributed by atoms with van der Waals surface area (Å²) in [6.45, 7) is 0. The van der Waals surface area contributed by atoms with Crippen molar-refractivity contribution >= 4 is 27.3 Å². The highest BCUT2D eigenvalue weighted by Crippen LogP contribution is 2.28. The van der Waals surface area contributed by atoms with Crippen LogP contribution in [0.2, 0.25) is 0 Å². The fourth-order valence-electron chi connectivity index (χ4n) is 1.62. The number of nitrogens with zero attached hydrogens (tertiary/aromatic N) is 2. The summed E-state index contributed by atoms with van der Waals surface area (Å²) in [6, 6.07) is 6.29. The molecule has 0 aromatic carbocycles. The summed E-state index contributed by atoms with van der Waals surface area (Å²) in [5.41, 5.74) is 7.36. The monoisotopic (exact) mass is 299 g/mol. The second-order valence-corrected chi connectivity index (χ2v) is 6.23. The second-order valence-electron chi connectivity index (χ2n) is 3.73. The van der Waals surface area contributed by atoms with E-state index < -0.39 is 0 Å². The Bertz CT molecular complexity index is 463. The van der Waals surface area contributed by atoms with E-state index >= 15 is 0 Å². The van der Waals surface area contributed by atoms with Gasteiger partial charge in [0, 0.05) is 29.9 Å². The first-order valence-electron chi connectivity index (χ1n) is 5.14. The number of halogens is 1. The molecular formula is C11H14BrN3S. The van der Waals surface area contributed by atoms with E-state index in [1.807, 2.05) is 30.1 Å². The Morgan fingerprint density at radius 3 is 2.88 bits per heavy atom. The Morgan fingerprint density at radius 2 is 2.31 bits per heavy atom. The normalized spacial score (nSPS) is 12.9. The van der Waals surface area contributed by atoms with Gasteiger partial charge in [0.2, 0.25) is 0 Å². The van der Waals surface area contributed by atoms with E-state index in [0.717, 1.165) is 16.6 Å².